The number of carbonyl (C=O) groups is 1. The quantitative estimate of drug-likeness (QED) is 0.792. The molecule has 0 fully saturated rings. The molecule has 0 aliphatic carbocycles. The van der Waals surface area contributed by atoms with Gasteiger partial charge in [0.1, 0.15) is 0 Å². The van der Waals surface area contributed by atoms with Crippen LogP contribution in [-0.2, 0) is 6.54 Å². The maximum Gasteiger partial charge on any atom is 0.152 e. The van der Waals surface area contributed by atoms with Crippen molar-refractivity contribution >= 4 is 6.29 Å². The highest BCUT2D eigenvalue weighted by molar-refractivity contribution is 5.87. The first-order valence-corrected chi connectivity index (χ1v) is 5.16. The summed E-state index contributed by atoms with van der Waals surface area (Å²) in [5.41, 5.74) is 2.57. The van der Waals surface area contributed by atoms with Crippen LogP contribution in [0.25, 0.3) is 11.1 Å². The molecule has 0 bridgehead atoms. The van der Waals surface area contributed by atoms with E-state index < -0.39 is 0 Å². The zero-order chi connectivity index (χ0) is 11.4. The maximum absolute atomic E-state index is 10.9. The minimum Gasteiger partial charge on any atom is -0.395 e. The zero-order valence-electron chi connectivity index (χ0n) is 8.84. The van der Waals surface area contributed by atoms with Crippen LogP contribution in [0.15, 0.2) is 42.7 Å². The number of aliphatic hydroxyl groups is 1. The monoisotopic (exact) mass is 215 g/mol. The lowest BCUT2D eigenvalue weighted by Gasteiger charge is -1.98. The van der Waals surface area contributed by atoms with E-state index in [2.05, 4.69) is 0 Å². The van der Waals surface area contributed by atoms with E-state index in [1.54, 1.807) is 6.20 Å². The van der Waals surface area contributed by atoms with Gasteiger partial charge in [-0.05, 0) is 5.56 Å². The fourth-order valence-corrected chi connectivity index (χ4v) is 1.72. The van der Waals surface area contributed by atoms with Gasteiger partial charge in [0, 0.05) is 30.1 Å². The summed E-state index contributed by atoms with van der Waals surface area (Å²) in [6.07, 6.45) is 4.48. The molecule has 1 heterocycles. The molecule has 0 aliphatic heterocycles. The van der Waals surface area contributed by atoms with Crippen molar-refractivity contribution in [3.63, 3.8) is 0 Å². The third kappa shape index (κ3) is 2.04. The Balaban J connectivity index is 2.43. The van der Waals surface area contributed by atoms with Crippen LogP contribution in [0.1, 0.15) is 10.4 Å². The Morgan fingerprint density at radius 2 is 1.94 bits per heavy atom. The molecule has 2 aromatic rings. The van der Waals surface area contributed by atoms with Crippen molar-refractivity contribution < 1.29 is 9.90 Å². The first-order valence-electron chi connectivity index (χ1n) is 5.16. The molecule has 0 atom stereocenters. The second-order valence-corrected chi connectivity index (χ2v) is 3.57. The molecule has 0 saturated heterocycles. The molecule has 1 aromatic carbocycles. The van der Waals surface area contributed by atoms with Crippen molar-refractivity contribution in [2.24, 2.45) is 0 Å². The van der Waals surface area contributed by atoms with E-state index in [1.165, 1.54) is 0 Å². The smallest absolute Gasteiger partial charge is 0.152 e. The average molecular weight is 215 g/mol. The second-order valence-electron chi connectivity index (χ2n) is 3.57. The third-order valence-corrected chi connectivity index (χ3v) is 2.48. The number of aldehydes is 1. The Kier molecular flexibility index (Phi) is 3.17. The Morgan fingerprint density at radius 3 is 2.56 bits per heavy atom. The summed E-state index contributed by atoms with van der Waals surface area (Å²) in [6.45, 7) is 0.578. The summed E-state index contributed by atoms with van der Waals surface area (Å²) >= 11 is 0. The van der Waals surface area contributed by atoms with Crippen LogP contribution in [-0.4, -0.2) is 22.6 Å². The molecule has 0 aliphatic rings. The average Bonchev–Trinajstić information content (AvgIpc) is 2.74. The van der Waals surface area contributed by atoms with Crippen molar-refractivity contribution in [2.45, 2.75) is 6.54 Å². The molecular weight excluding hydrogens is 202 g/mol. The van der Waals surface area contributed by atoms with Crippen LogP contribution >= 0.6 is 0 Å². The van der Waals surface area contributed by atoms with Crippen molar-refractivity contribution in [2.75, 3.05) is 6.61 Å². The van der Waals surface area contributed by atoms with Gasteiger partial charge in [0.25, 0.3) is 0 Å². The number of hydrogen-bond donors (Lipinski definition) is 1. The van der Waals surface area contributed by atoms with E-state index in [1.807, 2.05) is 41.1 Å². The first kappa shape index (κ1) is 10.6. The molecule has 1 aromatic heterocycles. The minimum atomic E-state index is 0.0706. The summed E-state index contributed by atoms with van der Waals surface area (Å²) in [5.74, 6) is 0. The van der Waals surface area contributed by atoms with E-state index in [-0.39, 0.29) is 6.61 Å². The highest BCUT2D eigenvalue weighted by atomic mass is 16.3. The van der Waals surface area contributed by atoms with Gasteiger partial charge in [-0.1, -0.05) is 30.3 Å². The van der Waals surface area contributed by atoms with Gasteiger partial charge in [0.2, 0.25) is 0 Å². The summed E-state index contributed by atoms with van der Waals surface area (Å²) in [7, 11) is 0. The Hall–Kier alpha value is -1.87. The topological polar surface area (TPSA) is 42.2 Å². The first-order chi connectivity index (χ1) is 7.85. The van der Waals surface area contributed by atoms with E-state index in [0.717, 1.165) is 17.4 Å². The molecule has 1 N–H and O–H groups in total. The molecule has 0 spiro atoms. The highest BCUT2D eigenvalue weighted by Gasteiger charge is 2.07. The predicted octanol–water partition coefficient (Wildman–Crippen LogP) is 1.96. The van der Waals surface area contributed by atoms with Gasteiger partial charge < -0.3 is 9.67 Å². The Bertz CT molecular complexity index is 474. The fraction of sp³-hybridized carbons (Fsp3) is 0.154. The maximum atomic E-state index is 10.9. The minimum absolute atomic E-state index is 0.0706. The number of hydrogen-bond acceptors (Lipinski definition) is 2. The van der Waals surface area contributed by atoms with Gasteiger partial charge in [0.05, 0.1) is 6.61 Å². The van der Waals surface area contributed by atoms with Gasteiger partial charge in [-0.2, -0.15) is 0 Å². The van der Waals surface area contributed by atoms with E-state index >= 15 is 0 Å². The molecule has 82 valence electrons. The van der Waals surface area contributed by atoms with E-state index in [9.17, 15) is 4.79 Å². The normalized spacial score (nSPS) is 10.3. The molecule has 16 heavy (non-hydrogen) atoms. The van der Waals surface area contributed by atoms with Crippen molar-refractivity contribution in [3.05, 3.63) is 48.3 Å². The predicted molar refractivity (Wildman–Crippen MR) is 62.3 cm³/mol. The summed E-state index contributed by atoms with van der Waals surface area (Å²) in [4.78, 5) is 10.9. The third-order valence-electron chi connectivity index (χ3n) is 2.48. The van der Waals surface area contributed by atoms with Gasteiger partial charge in [-0.3, -0.25) is 4.79 Å². The van der Waals surface area contributed by atoms with Crippen LogP contribution in [0.3, 0.4) is 0 Å². The summed E-state index contributed by atoms with van der Waals surface area (Å²) < 4.78 is 1.83. The van der Waals surface area contributed by atoms with Gasteiger partial charge in [-0.25, -0.2) is 0 Å². The van der Waals surface area contributed by atoms with Crippen LogP contribution < -0.4 is 0 Å². The second kappa shape index (κ2) is 4.77. The van der Waals surface area contributed by atoms with Gasteiger partial charge in [-0.15, -0.1) is 0 Å². The van der Waals surface area contributed by atoms with Gasteiger partial charge >= 0.3 is 0 Å². The SMILES string of the molecule is O=Cc1cn(CCO)cc1-c1ccccc1. The summed E-state index contributed by atoms with van der Waals surface area (Å²) in [5, 5.41) is 8.85. The molecule has 0 amide bonds. The molecular formula is C13H13NO2. The highest BCUT2D eigenvalue weighted by Crippen LogP contribution is 2.23. The van der Waals surface area contributed by atoms with Crippen LogP contribution in [0.4, 0.5) is 0 Å². The fourth-order valence-electron chi connectivity index (χ4n) is 1.72. The number of aromatic nitrogens is 1. The standard InChI is InChI=1S/C13H13NO2/c15-7-6-14-8-12(10-16)13(9-14)11-4-2-1-3-5-11/h1-5,8-10,15H,6-7H2. The molecule has 3 nitrogen and oxygen atoms in total. The van der Waals surface area contributed by atoms with Crippen LogP contribution in [0.5, 0.6) is 0 Å². The number of rotatable bonds is 4. The summed E-state index contributed by atoms with van der Waals surface area (Å²) in [6, 6.07) is 9.74. The number of nitrogens with zero attached hydrogens (tertiary/aromatic N) is 1. The van der Waals surface area contributed by atoms with Crippen LogP contribution in [0.2, 0.25) is 0 Å². The molecule has 0 saturated carbocycles. The molecule has 3 heteroatoms. The lowest BCUT2D eigenvalue weighted by Crippen LogP contribution is -1.97. The molecule has 2 rings (SSSR count). The molecule has 0 unspecified atom stereocenters. The van der Waals surface area contributed by atoms with Crippen molar-refractivity contribution in [3.8, 4) is 11.1 Å². The molecule has 0 radical (unpaired) electrons. The van der Waals surface area contributed by atoms with Gasteiger partial charge in [0.15, 0.2) is 6.29 Å². The Morgan fingerprint density at radius 1 is 1.19 bits per heavy atom. The number of benzene rings is 1. The van der Waals surface area contributed by atoms with E-state index in [4.69, 9.17) is 5.11 Å². The number of aliphatic hydroxyl groups excluding tert-OH is 1. The van der Waals surface area contributed by atoms with Crippen molar-refractivity contribution in [1.29, 1.82) is 0 Å². The number of carbonyl (C=O) groups excluding carboxylic acids is 1. The lowest BCUT2D eigenvalue weighted by atomic mass is 10.1. The van der Waals surface area contributed by atoms with Crippen molar-refractivity contribution in [1.82, 2.24) is 4.57 Å². The van der Waals surface area contributed by atoms with E-state index in [0.29, 0.717) is 12.1 Å². The Labute approximate surface area is 94.0 Å². The lowest BCUT2D eigenvalue weighted by molar-refractivity contribution is 0.112. The zero-order valence-corrected chi connectivity index (χ0v) is 8.84. The van der Waals surface area contributed by atoms with Crippen LogP contribution in [0, 0.1) is 0 Å². The largest absolute Gasteiger partial charge is 0.395 e.